The Kier molecular flexibility index (Phi) is 5.92. The Labute approximate surface area is 119 Å². The summed E-state index contributed by atoms with van der Waals surface area (Å²) >= 11 is 10.8. The van der Waals surface area contributed by atoms with Crippen molar-refractivity contribution in [3.05, 3.63) is 19.8 Å². The summed E-state index contributed by atoms with van der Waals surface area (Å²) in [6.07, 6.45) is 0. The lowest BCUT2D eigenvalue weighted by molar-refractivity contribution is -0.144. The molecule has 0 aliphatic carbocycles. The highest BCUT2D eigenvalue weighted by atomic mass is 79.9. The first-order chi connectivity index (χ1) is 7.95. The molecule has 1 rings (SSSR count). The molecule has 0 aliphatic heterocycles. The number of hydrogen-bond acceptors (Lipinski definition) is 4. The van der Waals surface area contributed by atoms with Gasteiger partial charge in [-0.1, -0.05) is 25.4 Å². The zero-order chi connectivity index (χ0) is 13.0. The minimum absolute atomic E-state index is 0.182. The largest absolute Gasteiger partial charge is 0.468 e. The van der Waals surface area contributed by atoms with Crippen LogP contribution in [-0.4, -0.2) is 19.1 Å². The highest BCUT2D eigenvalue weighted by Gasteiger charge is 2.22. The molecule has 1 heterocycles. The maximum atomic E-state index is 11.5. The number of methoxy groups -OCH3 is 1. The summed E-state index contributed by atoms with van der Waals surface area (Å²) in [6, 6.07) is 1.66. The van der Waals surface area contributed by atoms with E-state index in [0.717, 1.165) is 13.7 Å². The maximum Gasteiger partial charge on any atom is 0.323 e. The number of thiophene rings is 1. The second-order valence-electron chi connectivity index (χ2n) is 3.96. The second-order valence-corrected chi connectivity index (χ2v) is 6.55. The van der Waals surface area contributed by atoms with Crippen LogP contribution in [0.4, 0.5) is 0 Å². The van der Waals surface area contributed by atoms with E-state index in [-0.39, 0.29) is 17.9 Å². The Morgan fingerprint density at radius 1 is 1.65 bits per heavy atom. The van der Waals surface area contributed by atoms with Gasteiger partial charge in [0.25, 0.3) is 0 Å². The molecule has 17 heavy (non-hydrogen) atoms. The number of carbonyl (C=O) groups is 1. The summed E-state index contributed by atoms with van der Waals surface area (Å²) in [6.45, 7) is 4.56. The molecule has 0 aliphatic rings. The highest BCUT2D eigenvalue weighted by molar-refractivity contribution is 9.10. The molecular weight excluding hydrogens is 326 g/mol. The van der Waals surface area contributed by atoms with Crippen LogP contribution in [0.15, 0.2) is 10.5 Å². The zero-order valence-electron chi connectivity index (χ0n) is 9.92. The van der Waals surface area contributed by atoms with Crippen LogP contribution in [0.2, 0.25) is 4.34 Å². The van der Waals surface area contributed by atoms with Gasteiger partial charge in [-0.3, -0.25) is 10.1 Å². The summed E-state index contributed by atoms with van der Waals surface area (Å²) in [5.74, 6) is -0.0527. The van der Waals surface area contributed by atoms with E-state index in [1.54, 1.807) is 0 Å². The molecule has 3 nitrogen and oxygen atoms in total. The Morgan fingerprint density at radius 2 is 2.29 bits per heavy atom. The third-order valence-corrected chi connectivity index (χ3v) is 4.79. The van der Waals surface area contributed by atoms with Crippen LogP contribution in [0.3, 0.4) is 0 Å². The van der Waals surface area contributed by atoms with Crippen molar-refractivity contribution in [1.82, 2.24) is 5.32 Å². The van der Waals surface area contributed by atoms with Crippen molar-refractivity contribution >= 4 is 44.8 Å². The Hall–Kier alpha value is -0.100. The summed E-state index contributed by atoms with van der Waals surface area (Å²) in [5, 5.41) is 3.18. The first-order valence-corrected chi connectivity index (χ1v) is 7.19. The fourth-order valence-corrected chi connectivity index (χ4v) is 3.15. The van der Waals surface area contributed by atoms with Crippen LogP contribution in [0.25, 0.3) is 0 Å². The van der Waals surface area contributed by atoms with Gasteiger partial charge < -0.3 is 4.74 Å². The molecule has 1 aromatic rings. The molecule has 0 aromatic carbocycles. The van der Waals surface area contributed by atoms with Crippen molar-refractivity contribution < 1.29 is 9.53 Å². The molecule has 1 N–H and O–H groups in total. The normalized spacial score (nSPS) is 12.8. The zero-order valence-corrected chi connectivity index (χ0v) is 13.1. The lowest BCUT2D eigenvalue weighted by Crippen LogP contribution is -2.41. The fraction of sp³-hybridized carbons (Fsp3) is 0.545. The van der Waals surface area contributed by atoms with Crippen molar-refractivity contribution in [3.63, 3.8) is 0 Å². The van der Waals surface area contributed by atoms with Crippen molar-refractivity contribution in [2.45, 2.75) is 26.4 Å². The molecule has 0 saturated carbocycles. The van der Waals surface area contributed by atoms with E-state index in [9.17, 15) is 4.79 Å². The lowest BCUT2D eigenvalue weighted by Gasteiger charge is -2.19. The molecule has 0 spiro atoms. The van der Waals surface area contributed by atoms with Crippen LogP contribution in [0.5, 0.6) is 0 Å². The number of ether oxygens (including phenoxy) is 1. The van der Waals surface area contributed by atoms with Gasteiger partial charge in [-0.25, -0.2) is 0 Å². The van der Waals surface area contributed by atoms with Gasteiger partial charge in [0.05, 0.1) is 7.11 Å². The maximum absolute atomic E-state index is 11.5. The van der Waals surface area contributed by atoms with Crippen molar-refractivity contribution in [2.24, 2.45) is 5.92 Å². The smallest absolute Gasteiger partial charge is 0.323 e. The van der Waals surface area contributed by atoms with E-state index in [1.807, 2.05) is 19.9 Å². The first kappa shape index (κ1) is 15.0. The topological polar surface area (TPSA) is 38.3 Å². The molecule has 0 saturated heterocycles. The van der Waals surface area contributed by atoms with E-state index in [1.165, 1.54) is 18.4 Å². The molecule has 0 radical (unpaired) electrons. The monoisotopic (exact) mass is 339 g/mol. The van der Waals surface area contributed by atoms with E-state index in [4.69, 9.17) is 16.3 Å². The summed E-state index contributed by atoms with van der Waals surface area (Å²) in [5.41, 5.74) is 0. The molecule has 1 atom stereocenters. The van der Waals surface area contributed by atoms with Crippen molar-refractivity contribution in [3.8, 4) is 0 Å². The van der Waals surface area contributed by atoms with Gasteiger partial charge in [0.1, 0.15) is 10.4 Å². The van der Waals surface area contributed by atoms with Gasteiger partial charge in [0.15, 0.2) is 0 Å². The molecule has 0 fully saturated rings. The molecule has 0 bridgehead atoms. The average molecular weight is 341 g/mol. The van der Waals surface area contributed by atoms with Crippen molar-refractivity contribution in [1.29, 1.82) is 0 Å². The third kappa shape index (κ3) is 4.25. The number of nitrogens with one attached hydrogen (secondary N) is 1. The summed E-state index contributed by atoms with van der Waals surface area (Å²) in [4.78, 5) is 12.6. The predicted molar refractivity (Wildman–Crippen MR) is 74.5 cm³/mol. The Balaban J connectivity index is 2.61. The van der Waals surface area contributed by atoms with Gasteiger partial charge in [-0.2, -0.15) is 0 Å². The minimum atomic E-state index is -0.292. The highest BCUT2D eigenvalue weighted by Crippen LogP contribution is 2.31. The Morgan fingerprint density at radius 3 is 2.71 bits per heavy atom. The molecule has 6 heteroatoms. The quantitative estimate of drug-likeness (QED) is 0.834. The number of hydrogen-bond donors (Lipinski definition) is 1. The van der Waals surface area contributed by atoms with Crippen LogP contribution < -0.4 is 5.32 Å². The average Bonchev–Trinajstić information content (AvgIpc) is 2.57. The van der Waals surface area contributed by atoms with Crippen molar-refractivity contribution in [2.75, 3.05) is 7.11 Å². The lowest BCUT2D eigenvalue weighted by atomic mass is 10.0. The van der Waals surface area contributed by atoms with Crippen LogP contribution in [0, 0.1) is 5.92 Å². The predicted octanol–water partition coefficient (Wildman–Crippen LogP) is 3.45. The molecular formula is C11H15BrClNO2S. The molecule has 96 valence electrons. The number of carbonyl (C=O) groups excluding carboxylic acids is 1. The number of halogens is 2. The SMILES string of the molecule is COC(=O)[C@@H](NCc1cc(Br)c(Cl)s1)C(C)C. The van der Waals surface area contributed by atoms with Gasteiger partial charge in [0, 0.05) is 15.9 Å². The second kappa shape index (κ2) is 6.73. The third-order valence-electron chi connectivity index (χ3n) is 2.31. The molecule has 0 amide bonds. The van der Waals surface area contributed by atoms with E-state index >= 15 is 0 Å². The number of esters is 1. The van der Waals surface area contributed by atoms with Gasteiger partial charge in [-0.05, 0) is 27.9 Å². The summed E-state index contributed by atoms with van der Waals surface area (Å²) in [7, 11) is 1.40. The van der Waals surface area contributed by atoms with Crippen LogP contribution >= 0.6 is 38.9 Å². The first-order valence-electron chi connectivity index (χ1n) is 5.20. The van der Waals surface area contributed by atoms with Gasteiger partial charge in [-0.15, -0.1) is 11.3 Å². The van der Waals surface area contributed by atoms with Gasteiger partial charge >= 0.3 is 5.97 Å². The van der Waals surface area contributed by atoms with Crippen LogP contribution in [-0.2, 0) is 16.1 Å². The van der Waals surface area contributed by atoms with E-state index < -0.39 is 0 Å². The molecule has 1 aromatic heterocycles. The fourth-order valence-electron chi connectivity index (χ4n) is 1.41. The standard InChI is InChI=1S/C11H15BrClNO2S/c1-6(2)9(11(15)16-3)14-5-7-4-8(12)10(13)17-7/h4,6,9,14H,5H2,1-3H3/t9-/m0/s1. The minimum Gasteiger partial charge on any atom is -0.468 e. The summed E-state index contributed by atoms with van der Waals surface area (Å²) < 4.78 is 6.37. The number of rotatable bonds is 5. The van der Waals surface area contributed by atoms with Crippen LogP contribution in [0.1, 0.15) is 18.7 Å². The van der Waals surface area contributed by atoms with Gasteiger partial charge in [0.2, 0.25) is 0 Å². The Bertz CT molecular complexity index is 375. The molecule has 0 unspecified atom stereocenters. The van der Waals surface area contributed by atoms with E-state index in [0.29, 0.717) is 6.54 Å². The van der Waals surface area contributed by atoms with E-state index in [2.05, 4.69) is 21.2 Å².